The molecular weight excluding hydrogens is 214 g/mol. The quantitative estimate of drug-likeness (QED) is 0.694. The summed E-state index contributed by atoms with van der Waals surface area (Å²) in [4.78, 5) is 12.8. The molecule has 0 saturated heterocycles. The van der Waals surface area contributed by atoms with Gasteiger partial charge in [0.1, 0.15) is 0 Å². The molecule has 98 valence electrons. The molecule has 3 nitrogen and oxygen atoms in total. The first-order valence-electron chi connectivity index (χ1n) is 7.05. The van der Waals surface area contributed by atoms with Gasteiger partial charge in [-0.2, -0.15) is 0 Å². The molecule has 2 saturated carbocycles. The first kappa shape index (κ1) is 12.9. The van der Waals surface area contributed by atoms with E-state index >= 15 is 0 Å². The molecule has 1 N–H and O–H groups in total. The van der Waals surface area contributed by atoms with Gasteiger partial charge in [0, 0.05) is 13.0 Å². The highest BCUT2D eigenvalue weighted by molar-refractivity contribution is 5.66. The van der Waals surface area contributed by atoms with E-state index in [4.69, 9.17) is 5.11 Å². The maximum Gasteiger partial charge on any atom is 0.303 e. The molecule has 2 aliphatic rings. The lowest BCUT2D eigenvalue weighted by Crippen LogP contribution is -2.29. The summed E-state index contributed by atoms with van der Waals surface area (Å²) in [5, 5.41) is 8.57. The van der Waals surface area contributed by atoms with Crippen LogP contribution < -0.4 is 0 Å². The fourth-order valence-corrected chi connectivity index (χ4v) is 3.75. The minimum Gasteiger partial charge on any atom is -0.481 e. The standard InChI is InChI=1S/C14H25NO2/c1-15(7-3-2-4-14(16)17)10-13-9-11-5-6-12(13)8-11/h11-13H,2-10H2,1H3,(H,16,17). The highest BCUT2D eigenvalue weighted by Crippen LogP contribution is 2.48. The van der Waals surface area contributed by atoms with Crippen molar-refractivity contribution < 1.29 is 9.90 Å². The Labute approximate surface area is 104 Å². The van der Waals surface area contributed by atoms with Crippen molar-refractivity contribution in [3.8, 4) is 0 Å². The molecule has 2 rings (SSSR count). The highest BCUT2D eigenvalue weighted by Gasteiger charge is 2.39. The van der Waals surface area contributed by atoms with E-state index in [-0.39, 0.29) is 0 Å². The van der Waals surface area contributed by atoms with Crippen LogP contribution in [0.25, 0.3) is 0 Å². The molecule has 0 amide bonds. The van der Waals surface area contributed by atoms with Crippen LogP contribution in [0, 0.1) is 17.8 Å². The fraction of sp³-hybridized carbons (Fsp3) is 0.929. The summed E-state index contributed by atoms with van der Waals surface area (Å²) in [5.74, 6) is 2.30. The van der Waals surface area contributed by atoms with Crippen molar-refractivity contribution in [2.45, 2.75) is 44.9 Å². The summed E-state index contributed by atoms with van der Waals surface area (Å²) < 4.78 is 0. The zero-order valence-corrected chi connectivity index (χ0v) is 10.9. The molecular formula is C14H25NO2. The first-order valence-corrected chi connectivity index (χ1v) is 7.05. The lowest BCUT2D eigenvalue weighted by Gasteiger charge is -2.27. The molecule has 3 unspecified atom stereocenters. The molecule has 0 spiro atoms. The second kappa shape index (κ2) is 5.85. The number of unbranched alkanes of at least 4 members (excludes halogenated alkanes) is 1. The number of hydrogen-bond donors (Lipinski definition) is 1. The summed E-state index contributed by atoms with van der Waals surface area (Å²) in [5.41, 5.74) is 0. The fourth-order valence-electron chi connectivity index (χ4n) is 3.75. The van der Waals surface area contributed by atoms with Crippen LogP contribution in [0.15, 0.2) is 0 Å². The predicted molar refractivity (Wildman–Crippen MR) is 67.9 cm³/mol. The number of carboxylic acid groups (broad SMARTS) is 1. The number of carboxylic acids is 1. The van der Waals surface area contributed by atoms with E-state index in [9.17, 15) is 4.79 Å². The average molecular weight is 239 g/mol. The van der Waals surface area contributed by atoms with Crippen molar-refractivity contribution in [1.29, 1.82) is 0 Å². The number of carbonyl (C=O) groups is 1. The maximum absolute atomic E-state index is 10.4. The molecule has 2 fully saturated rings. The smallest absolute Gasteiger partial charge is 0.303 e. The van der Waals surface area contributed by atoms with Crippen molar-refractivity contribution in [2.75, 3.05) is 20.1 Å². The van der Waals surface area contributed by atoms with Gasteiger partial charge >= 0.3 is 5.97 Å². The Hall–Kier alpha value is -0.570. The van der Waals surface area contributed by atoms with Gasteiger partial charge in [-0.05, 0) is 63.5 Å². The number of nitrogens with zero attached hydrogens (tertiary/aromatic N) is 1. The van der Waals surface area contributed by atoms with E-state index in [0.29, 0.717) is 6.42 Å². The van der Waals surface area contributed by atoms with Gasteiger partial charge in [-0.25, -0.2) is 0 Å². The lowest BCUT2D eigenvalue weighted by molar-refractivity contribution is -0.137. The first-order chi connectivity index (χ1) is 8.15. The molecule has 3 heteroatoms. The van der Waals surface area contributed by atoms with Crippen LogP contribution in [0.2, 0.25) is 0 Å². The maximum atomic E-state index is 10.4. The summed E-state index contributed by atoms with van der Waals surface area (Å²) in [6, 6.07) is 0. The minimum absolute atomic E-state index is 0.321. The lowest BCUT2D eigenvalue weighted by atomic mass is 9.88. The van der Waals surface area contributed by atoms with Crippen molar-refractivity contribution in [3.05, 3.63) is 0 Å². The van der Waals surface area contributed by atoms with E-state index in [1.165, 1.54) is 32.2 Å². The topological polar surface area (TPSA) is 40.5 Å². The van der Waals surface area contributed by atoms with Crippen LogP contribution in [0.1, 0.15) is 44.9 Å². The van der Waals surface area contributed by atoms with Gasteiger partial charge in [0.2, 0.25) is 0 Å². The Morgan fingerprint density at radius 2 is 2.12 bits per heavy atom. The van der Waals surface area contributed by atoms with Crippen LogP contribution in [-0.4, -0.2) is 36.1 Å². The molecule has 0 radical (unpaired) electrons. The van der Waals surface area contributed by atoms with Gasteiger partial charge < -0.3 is 10.0 Å². The number of aliphatic carboxylic acids is 1. The molecule has 0 aromatic heterocycles. The van der Waals surface area contributed by atoms with Crippen LogP contribution >= 0.6 is 0 Å². The third kappa shape index (κ3) is 3.70. The van der Waals surface area contributed by atoms with Gasteiger partial charge in [0.15, 0.2) is 0 Å². The molecule has 0 heterocycles. The molecule has 2 aliphatic carbocycles. The molecule has 3 atom stereocenters. The summed E-state index contributed by atoms with van der Waals surface area (Å²) in [6.07, 6.45) is 8.02. The Morgan fingerprint density at radius 3 is 2.71 bits per heavy atom. The normalized spacial score (nSPS) is 31.3. The Morgan fingerprint density at radius 1 is 1.29 bits per heavy atom. The summed E-state index contributed by atoms with van der Waals surface area (Å²) in [7, 11) is 2.19. The average Bonchev–Trinajstić information content (AvgIpc) is 2.86. The summed E-state index contributed by atoms with van der Waals surface area (Å²) in [6.45, 7) is 2.29. The van der Waals surface area contributed by atoms with Crippen LogP contribution in [0.5, 0.6) is 0 Å². The number of rotatable bonds is 7. The molecule has 17 heavy (non-hydrogen) atoms. The monoisotopic (exact) mass is 239 g/mol. The molecule has 0 aromatic carbocycles. The van der Waals surface area contributed by atoms with E-state index < -0.39 is 5.97 Å². The largest absolute Gasteiger partial charge is 0.481 e. The van der Waals surface area contributed by atoms with E-state index in [1.807, 2.05) is 0 Å². The van der Waals surface area contributed by atoms with Crippen LogP contribution in [0.3, 0.4) is 0 Å². The Bertz CT molecular complexity index is 267. The summed E-state index contributed by atoms with van der Waals surface area (Å²) >= 11 is 0. The van der Waals surface area contributed by atoms with Gasteiger partial charge in [-0.3, -0.25) is 4.79 Å². The third-order valence-corrected chi connectivity index (χ3v) is 4.61. The Balaban J connectivity index is 1.58. The van der Waals surface area contributed by atoms with Crippen molar-refractivity contribution in [2.24, 2.45) is 17.8 Å². The molecule has 2 bridgehead atoms. The van der Waals surface area contributed by atoms with Crippen LogP contribution in [0.4, 0.5) is 0 Å². The minimum atomic E-state index is -0.666. The van der Waals surface area contributed by atoms with Crippen molar-refractivity contribution in [3.63, 3.8) is 0 Å². The number of fused-ring (bicyclic) bond motifs is 2. The molecule has 0 aromatic rings. The van der Waals surface area contributed by atoms with E-state index in [1.54, 1.807) is 0 Å². The third-order valence-electron chi connectivity index (χ3n) is 4.61. The van der Waals surface area contributed by atoms with Crippen molar-refractivity contribution >= 4 is 5.97 Å². The highest BCUT2D eigenvalue weighted by atomic mass is 16.4. The molecule has 0 aliphatic heterocycles. The zero-order valence-electron chi connectivity index (χ0n) is 10.9. The van der Waals surface area contributed by atoms with Gasteiger partial charge in [0.05, 0.1) is 0 Å². The predicted octanol–water partition coefficient (Wildman–Crippen LogP) is 2.61. The van der Waals surface area contributed by atoms with Crippen molar-refractivity contribution in [1.82, 2.24) is 4.90 Å². The van der Waals surface area contributed by atoms with Gasteiger partial charge in [-0.15, -0.1) is 0 Å². The van der Waals surface area contributed by atoms with E-state index in [2.05, 4.69) is 11.9 Å². The van der Waals surface area contributed by atoms with Gasteiger partial charge in [-0.1, -0.05) is 6.42 Å². The second-order valence-electron chi connectivity index (χ2n) is 6.05. The van der Waals surface area contributed by atoms with Gasteiger partial charge in [0.25, 0.3) is 0 Å². The zero-order chi connectivity index (χ0) is 12.3. The van der Waals surface area contributed by atoms with Crippen LogP contribution in [-0.2, 0) is 4.79 Å². The van der Waals surface area contributed by atoms with E-state index in [0.717, 1.165) is 37.1 Å². The number of hydrogen-bond acceptors (Lipinski definition) is 2. The second-order valence-corrected chi connectivity index (χ2v) is 6.05. The Kier molecular flexibility index (Phi) is 4.43. The SMILES string of the molecule is CN(CCCCC(=O)O)CC1CC2CCC1C2.